The van der Waals surface area contributed by atoms with Gasteiger partial charge in [-0.2, -0.15) is 4.31 Å². The number of nitrogens with zero attached hydrogens (tertiary/aromatic N) is 1. The lowest BCUT2D eigenvalue weighted by molar-refractivity contribution is -0.120. The minimum Gasteiger partial charge on any atom is -0.495 e. The van der Waals surface area contributed by atoms with Crippen LogP contribution in [0.3, 0.4) is 0 Å². The van der Waals surface area contributed by atoms with Crippen LogP contribution in [0.1, 0.15) is 29.5 Å². The van der Waals surface area contributed by atoms with E-state index in [9.17, 15) is 13.2 Å². The van der Waals surface area contributed by atoms with Crippen LogP contribution < -0.4 is 10.1 Å². The third-order valence-corrected chi connectivity index (χ3v) is 7.07. The van der Waals surface area contributed by atoms with Crippen LogP contribution >= 0.6 is 0 Å². The SMILES string of the molecule is COc1ccc(C)cc1S(=O)(=O)N1CCC[C@H](C(=O)Nc2cc(C)cc(C)c2)C1. The number of methoxy groups -OCH3 is 1. The summed E-state index contributed by atoms with van der Waals surface area (Å²) >= 11 is 0. The molecule has 0 spiro atoms. The fourth-order valence-electron chi connectivity index (χ4n) is 3.79. The van der Waals surface area contributed by atoms with Crippen molar-refractivity contribution in [3.05, 3.63) is 53.1 Å². The molecule has 2 aromatic carbocycles. The van der Waals surface area contributed by atoms with Crippen molar-refractivity contribution in [2.24, 2.45) is 5.92 Å². The first-order valence-electron chi connectivity index (χ1n) is 9.74. The first-order chi connectivity index (χ1) is 13.7. The Hall–Kier alpha value is -2.38. The number of sulfonamides is 1. The molecular formula is C22H28N2O4S. The number of carbonyl (C=O) groups excluding carboxylic acids is 1. The van der Waals surface area contributed by atoms with Crippen LogP contribution in [0, 0.1) is 26.7 Å². The van der Waals surface area contributed by atoms with E-state index in [2.05, 4.69) is 5.32 Å². The molecule has 1 heterocycles. The minimum atomic E-state index is -3.75. The number of anilines is 1. The molecule has 2 aromatic rings. The van der Waals surface area contributed by atoms with Crippen molar-refractivity contribution >= 4 is 21.6 Å². The normalized spacial score (nSPS) is 17.7. The highest BCUT2D eigenvalue weighted by molar-refractivity contribution is 7.89. The van der Waals surface area contributed by atoms with Gasteiger partial charge in [0.1, 0.15) is 10.6 Å². The number of piperidine rings is 1. The zero-order valence-electron chi connectivity index (χ0n) is 17.4. The molecule has 0 aromatic heterocycles. The maximum Gasteiger partial charge on any atom is 0.246 e. The topological polar surface area (TPSA) is 75.7 Å². The van der Waals surface area contributed by atoms with Gasteiger partial charge in [0, 0.05) is 18.8 Å². The highest BCUT2D eigenvalue weighted by atomic mass is 32.2. The Bertz CT molecular complexity index is 997. The van der Waals surface area contributed by atoms with Crippen LogP contribution in [0.2, 0.25) is 0 Å². The molecule has 1 N–H and O–H groups in total. The molecule has 1 aliphatic rings. The van der Waals surface area contributed by atoms with Gasteiger partial charge in [-0.15, -0.1) is 0 Å². The second-order valence-electron chi connectivity index (χ2n) is 7.72. The molecule has 1 amide bonds. The number of amides is 1. The van der Waals surface area contributed by atoms with Gasteiger partial charge in [-0.25, -0.2) is 8.42 Å². The maximum atomic E-state index is 13.2. The first-order valence-corrected chi connectivity index (χ1v) is 11.2. The van der Waals surface area contributed by atoms with Gasteiger partial charge in [-0.3, -0.25) is 4.79 Å². The molecule has 29 heavy (non-hydrogen) atoms. The van der Waals surface area contributed by atoms with Gasteiger partial charge in [-0.1, -0.05) is 12.1 Å². The lowest BCUT2D eigenvalue weighted by Gasteiger charge is -2.31. The van der Waals surface area contributed by atoms with Crippen molar-refractivity contribution in [3.63, 3.8) is 0 Å². The van der Waals surface area contributed by atoms with Crippen LogP contribution in [0.4, 0.5) is 5.69 Å². The Balaban J connectivity index is 1.79. The summed E-state index contributed by atoms with van der Waals surface area (Å²) in [5.74, 6) is -0.223. The van der Waals surface area contributed by atoms with E-state index < -0.39 is 15.9 Å². The van der Waals surface area contributed by atoms with E-state index in [1.807, 2.05) is 45.0 Å². The maximum absolute atomic E-state index is 13.2. The summed E-state index contributed by atoms with van der Waals surface area (Å²) in [6.45, 7) is 6.36. The molecule has 0 aliphatic carbocycles. The van der Waals surface area contributed by atoms with Crippen molar-refractivity contribution in [2.45, 2.75) is 38.5 Å². The Morgan fingerprint density at radius 2 is 1.76 bits per heavy atom. The predicted molar refractivity (Wildman–Crippen MR) is 114 cm³/mol. The molecule has 7 heteroatoms. The largest absolute Gasteiger partial charge is 0.495 e. The van der Waals surface area contributed by atoms with Gasteiger partial charge in [0.15, 0.2) is 0 Å². The summed E-state index contributed by atoms with van der Waals surface area (Å²) in [7, 11) is -2.29. The van der Waals surface area contributed by atoms with E-state index in [1.165, 1.54) is 11.4 Å². The van der Waals surface area contributed by atoms with Crippen molar-refractivity contribution < 1.29 is 17.9 Å². The number of nitrogens with one attached hydrogen (secondary N) is 1. The number of carbonyl (C=O) groups is 1. The van der Waals surface area contributed by atoms with Crippen LogP contribution in [-0.4, -0.2) is 38.8 Å². The molecule has 0 bridgehead atoms. The predicted octanol–water partition coefficient (Wildman–Crippen LogP) is 3.66. The molecule has 1 fully saturated rings. The summed E-state index contributed by atoms with van der Waals surface area (Å²) in [4.78, 5) is 13.0. The van der Waals surface area contributed by atoms with E-state index in [1.54, 1.807) is 12.1 Å². The number of rotatable bonds is 5. The molecule has 156 valence electrons. The smallest absolute Gasteiger partial charge is 0.246 e. The lowest BCUT2D eigenvalue weighted by Crippen LogP contribution is -2.43. The lowest BCUT2D eigenvalue weighted by atomic mass is 9.98. The van der Waals surface area contributed by atoms with Crippen molar-refractivity contribution in [2.75, 3.05) is 25.5 Å². The molecule has 0 saturated carbocycles. The Labute approximate surface area is 172 Å². The summed E-state index contributed by atoms with van der Waals surface area (Å²) in [6, 6.07) is 11.0. The average Bonchev–Trinajstić information content (AvgIpc) is 2.67. The van der Waals surface area contributed by atoms with Gasteiger partial charge < -0.3 is 10.1 Å². The van der Waals surface area contributed by atoms with Gasteiger partial charge >= 0.3 is 0 Å². The quantitative estimate of drug-likeness (QED) is 0.807. The van der Waals surface area contributed by atoms with Gasteiger partial charge in [-0.05, 0) is 74.6 Å². The van der Waals surface area contributed by atoms with E-state index in [4.69, 9.17) is 4.74 Å². The summed E-state index contributed by atoms with van der Waals surface area (Å²) in [5, 5.41) is 2.95. The number of aryl methyl sites for hydroxylation is 3. The van der Waals surface area contributed by atoms with Gasteiger partial charge in [0.2, 0.25) is 15.9 Å². The Morgan fingerprint density at radius 3 is 2.41 bits per heavy atom. The zero-order valence-corrected chi connectivity index (χ0v) is 18.2. The first kappa shape index (κ1) is 21.3. The third-order valence-electron chi connectivity index (χ3n) is 5.18. The van der Waals surface area contributed by atoms with Crippen molar-refractivity contribution in [1.82, 2.24) is 4.31 Å². The monoisotopic (exact) mass is 416 g/mol. The number of ether oxygens (including phenoxy) is 1. The second-order valence-corrected chi connectivity index (χ2v) is 9.63. The van der Waals surface area contributed by atoms with Gasteiger partial charge in [0.05, 0.1) is 13.0 Å². The third kappa shape index (κ3) is 4.79. The van der Waals surface area contributed by atoms with Crippen LogP contribution in [-0.2, 0) is 14.8 Å². The molecule has 1 aliphatic heterocycles. The Kier molecular flexibility index (Phi) is 6.29. The molecule has 0 radical (unpaired) electrons. The molecular weight excluding hydrogens is 388 g/mol. The van der Waals surface area contributed by atoms with Crippen LogP contribution in [0.15, 0.2) is 41.3 Å². The van der Waals surface area contributed by atoms with Crippen molar-refractivity contribution in [3.8, 4) is 5.75 Å². The Morgan fingerprint density at radius 1 is 1.07 bits per heavy atom. The summed E-state index contributed by atoms with van der Waals surface area (Å²) in [6.07, 6.45) is 1.30. The second kappa shape index (κ2) is 8.55. The van der Waals surface area contributed by atoms with E-state index in [0.717, 1.165) is 22.4 Å². The number of benzene rings is 2. The number of hydrogen-bond acceptors (Lipinski definition) is 4. The van der Waals surface area contributed by atoms with Gasteiger partial charge in [0.25, 0.3) is 0 Å². The van der Waals surface area contributed by atoms with Crippen molar-refractivity contribution in [1.29, 1.82) is 0 Å². The molecule has 3 rings (SSSR count). The highest BCUT2D eigenvalue weighted by Gasteiger charge is 2.35. The molecule has 1 saturated heterocycles. The van der Waals surface area contributed by atoms with E-state index in [0.29, 0.717) is 25.1 Å². The average molecular weight is 417 g/mol. The number of hydrogen-bond donors (Lipinski definition) is 1. The fourth-order valence-corrected chi connectivity index (χ4v) is 5.55. The van der Waals surface area contributed by atoms with Crippen LogP contribution in [0.25, 0.3) is 0 Å². The molecule has 1 atom stereocenters. The summed E-state index contributed by atoms with van der Waals surface area (Å²) in [5.41, 5.74) is 3.72. The zero-order chi connectivity index (χ0) is 21.2. The fraction of sp³-hybridized carbons (Fsp3) is 0.409. The van der Waals surface area contributed by atoms with E-state index >= 15 is 0 Å². The van der Waals surface area contributed by atoms with Crippen LogP contribution in [0.5, 0.6) is 5.75 Å². The standard InChI is InChI=1S/C22H28N2O4S/c1-15-7-8-20(28-4)21(13-15)29(26,27)24-9-5-6-18(14-24)22(25)23-19-11-16(2)10-17(3)12-19/h7-8,10-13,18H,5-6,9,14H2,1-4H3,(H,23,25)/t18-/m0/s1. The molecule has 6 nitrogen and oxygen atoms in total. The molecule has 0 unspecified atom stereocenters. The highest BCUT2D eigenvalue weighted by Crippen LogP contribution is 2.31. The summed E-state index contributed by atoms with van der Waals surface area (Å²) < 4.78 is 33.2. The van der Waals surface area contributed by atoms with E-state index in [-0.39, 0.29) is 17.3 Å². The minimum absolute atomic E-state index is 0.147.